The molecule has 29 heavy (non-hydrogen) atoms. The standard InChI is InChI=1S/C19H21F3N2O4S/c1-13-16(17(25)28-11-18(7-4-8-18)12-29(2,26)27)10-23-24(13)15-6-3-5-14(9-15)19(20,21)22/h3,5-6,9-10H,4,7-8,11-12H2,1-2H3. The number of ether oxygens (including phenoxy) is 1. The highest BCUT2D eigenvalue weighted by Gasteiger charge is 2.41. The lowest BCUT2D eigenvalue weighted by Crippen LogP contribution is -2.41. The molecule has 1 heterocycles. The third-order valence-electron chi connectivity index (χ3n) is 5.14. The van der Waals surface area contributed by atoms with Crippen LogP contribution >= 0.6 is 0 Å². The van der Waals surface area contributed by atoms with Crippen LogP contribution in [0.15, 0.2) is 30.5 Å². The number of carbonyl (C=O) groups excluding carboxylic acids is 1. The van der Waals surface area contributed by atoms with Crippen molar-refractivity contribution in [3.63, 3.8) is 0 Å². The monoisotopic (exact) mass is 430 g/mol. The summed E-state index contributed by atoms with van der Waals surface area (Å²) in [5, 5.41) is 4.02. The van der Waals surface area contributed by atoms with Crippen molar-refractivity contribution in [2.24, 2.45) is 5.41 Å². The molecule has 0 unspecified atom stereocenters. The fourth-order valence-corrected chi connectivity index (χ4v) is 5.03. The average Bonchev–Trinajstić information content (AvgIpc) is 2.97. The van der Waals surface area contributed by atoms with Gasteiger partial charge in [0.15, 0.2) is 0 Å². The minimum absolute atomic E-state index is 0.0208. The zero-order valence-electron chi connectivity index (χ0n) is 16.0. The van der Waals surface area contributed by atoms with Crippen LogP contribution in [0.25, 0.3) is 5.69 Å². The first kappa shape index (κ1) is 21.4. The highest BCUT2D eigenvalue weighted by Crippen LogP contribution is 2.42. The molecule has 1 aliphatic carbocycles. The van der Waals surface area contributed by atoms with Gasteiger partial charge in [-0.2, -0.15) is 18.3 Å². The summed E-state index contributed by atoms with van der Waals surface area (Å²) in [4.78, 5) is 12.5. The van der Waals surface area contributed by atoms with Crippen molar-refractivity contribution in [2.45, 2.75) is 32.4 Å². The smallest absolute Gasteiger partial charge is 0.416 e. The van der Waals surface area contributed by atoms with Gasteiger partial charge < -0.3 is 4.74 Å². The quantitative estimate of drug-likeness (QED) is 0.655. The maximum absolute atomic E-state index is 12.9. The van der Waals surface area contributed by atoms with Crippen LogP contribution in [0.1, 0.15) is 40.9 Å². The van der Waals surface area contributed by atoms with Crippen molar-refractivity contribution < 1.29 is 31.1 Å². The minimum atomic E-state index is -4.49. The van der Waals surface area contributed by atoms with Crippen LogP contribution in [0, 0.1) is 12.3 Å². The number of hydrogen-bond donors (Lipinski definition) is 0. The van der Waals surface area contributed by atoms with Crippen molar-refractivity contribution in [1.29, 1.82) is 0 Å². The number of esters is 1. The molecule has 0 radical (unpaired) electrons. The molecule has 0 amide bonds. The molecule has 1 saturated carbocycles. The largest absolute Gasteiger partial charge is 0.461 e. The van der Waals surface area contributed by atoms with E-state index in [2.05, 4.69) is 5.10 Å². The van der Waals surface area contributed by atoms with E-state index in [4.69, 9.17) is 4.74 Å². The van der Waals surface area contributed by atoms with Gasteiger partial charge >= 0.3 is 12.1 Å². The molecular weight excluding hydrogens is 409 g/mol. The second kappa shape index (κ2) is 7.47. The number of aromatic nitrogens is 2. The number of sulfone groups is 1. The fourth-order valence-electron chi connectivity index (χ4n) is 3.54. The van der Waals surface area contributed by atoms with Crippen molar-refractivity contribution in [1.82, 2.24) is 9.78 Å². The number of rotatable bonds is 6. The summed E-state index contributed by atoms with van der Waals surface area (Å²) in [5.74, 6) is -0.726. The summed E-state index contributed by atoms with van der Waals surface area (Å²) >= 11 is 0. The van der Waals surface area contributed by atoms with E-state index in [1.165, 1.54) is 23.0 Å². The number of benzene rings is 1. The Bertz CT molecular complexity index is 1020. The highest BCUT2D eigenvalue weighted by molar-refractivity contribution is 7.90. The van der Waals surface area contributed by atoms with E-state index in [9.17, 15) is 26.4 Å². The van der Waals surface area contributed by atoms with E-state index in [0.717, 1.165) is 24.8 Å². The molecule has 0 aliphatic heterocycles. The second-order valence-electron chi connectivity index (χ2n) is 7.60. The zero-order valence-corrected chi connectivity index (χ0v) is 16.8. The van der Waals surface area contributed by atoms with Crippen molar-refractivity contribution in [3.8, 4) is 5.69 Å². The van der Waals surface area contributed by atoms with E-state index in [-0.39, 0.29) is 23.6 Å². The first-order valence-electron chi connectivity index (χ1n) is 8.97. The van der Waals surface area contributed by atoms with Gasteiger partial charge in [-0.15, -0.1) is 0 Å². The Kier molecular flexibility index (Phi) is 5.50. The number of halogens is 3. The third kappa shape index (κ3) is 4.80. The van der Waals surface area contributed by atoms with Gasteiger partial charge in [0.1, 0.15) is 15.4 Å². The first-order valence-corrected chi connectivity index (χ1v) is 11.0. The summed E-state index contributed by atoms with van der Waals surface area (Å²) in [6, 6.07) is 4.63. The van der Waals surface area contributed by atoms with Gasteiger partial charge in [-0.05, 0) is 38.0 Å². The fraction of sp³-hybridized carbons (Fsp3) is 0.474. The molecule has 3 rings (SSSR count). The normalized spacial score (nSPS) is 16.3. The predicted molar refractivity (Wildman–Crippen MR) is 99.6 cm³/mol. The third-order valence-corrected chi connectivity index (χ3v) is 6.28. The van der Waals surface area contributed by atoms with Crippen LogP contribution in [0.2, 0.25) is 0 Å². The Morgan fingerprint density at radius 2 is 2.00 bits per heavy atom. The van der Waals surface area contributed by atoms with E-state index in [1.54, 1.807) is 6.92 Å². The lowest BCUT2D eigenvalue weighted by Gasteiger charge is -2.40. The van der Waals surface area contributed by atoms with Crippen LogP contribution in [0.4, 0.5) is 13.2 Å². The summed E-state index contributed by atoms with van der Waals surface area (Å²) in [7, 11) is -3.21. The zero-order chi connectivity index (χ0) is 21.4. The molecule has 6 nitrogen and oxygen atoms in total. The van der Waals surface area contributed by atoms with E-state index in [0.29, 0.717) is 18.5 Å². The van der Waals surface area contributed by atoms with E-state index >= 15 is 0 Å². The highest BCUT2D eigenvalue weighted by atomic mass is 32.2. The number of nitrogens with zero attached hydrogens (tertiary/aromatic N) is 2. The Balaban J connectivity index is 1.76. The van der Waals surface area contributed by atoms with Crippen molar-refractivity contribution >= 4 is 15.8 Å². The van der Waals surface area contributed by atoms with Gasteiger partial charge in [0.2, 0.25) is 0 Å². The average molecular weight is 430 g/mol. The van der Waals surface area contributed by atoms with E-state index in [1.807, 2.05) is 0 Å². The molecule has 1 aromatic carbocycles. The SMILES string of the molecule is Cc1c(C(=O)OCC2(CS(C)(=O)=O)CCC2)cnn1-c1cccc(C(F)(F)F)c1. The lowest BCUT2D eigenvalue weighted by molar-refractivity contribution is -0.137. The molecule has 0 bridgehead atoms. The Hall–Kier alpha value is -2.36. The van der Waals surface area contributed by atoms with E-state index < -0.39 is 33.0 Å². The molecule has 1 fully saturated rings. The maximum Gasteiger partial charge on any atom is 0.416 e. The molecule has 0 saturated heterocycles. The number of carbonyl (C=O) groups is 1. The molecule has 0 atom stereocenters. The summed E-state index contributed by atoms with van der Waals surface area (Å²) in [6.45, 7) is 1.53. The van der Waals surface area contributed by atoms with Crippen molar-refractivity contribution in [2.75, 3.05) is 18.6 Å². The summed E-state index contributed by atoms with van der Waals surface area (Å²) in [6.07, 6.45) is 0.0981. The molecule has 2 aromatic rings. The molecule has 1 aromatic heterocycles. The van der Waals surface area contributed by atoms with Crippen LogP contribution < -0.4 is 0 Å². The van der Waals surface area contributed by atoms with Gasteiger partial charge in [-0.25, -0.2) is 17.9 Å². The number of alkyl halides is 3. The maximum atomic E-state index is 12.9. The van der Waals surface area contributed by atoms with Crippen molar-refractivity contribution in [3.05, 3.63) is 47.3 Å². The van der Waals surface area contributed by atoms with Crippen LogP contribution in [0.3, 0.4) is 0 Å². The van der Waals surface area contributed by atoms with Gasteiger partial charge in [0, 0.05) is 11.7 Å². The molecule has 0 N–H and O–H groups in total. The van der Waals surface area contributed by atoms with Gasteiger partial charge in [0.05, 0.1) is 35.5 Å². The van der Waals surface area contributed by atoms with Gasteiger partial charge in [-0.3, -0.25) is 0 Å². The second-order valence-corrected chi connectivity index (χ2v) is 9.74. The molecular formula is C19H21F3N2O4S. The first-order chi connectivity index (χ1) is 13.4. The van der Waals surface area contributed by atoms with Gasteiger partial charge in [0.25, 0.3) is 0 Å². The topological polar surface area (TPSA) is 78.3 Å². The Labute approximate surface area is 166 Å². The molecule has 1 aliphatic rings. The molecule has 158 valence electrons. The van der Waals surface area contributed by atoms with Gasteiger partial charge in [-0.1, -0.05) is 12.5 Å². The Morgan fingerprint density at radius 1 is 1.31 bits per heavy atom. The van der Waals surface area contributed by atoms with Crippen LogP contribution in [0.5, 0.6) is 0 Å². The molecule has 10 heteroatoms. The predicted octanol–water partition coefficient (Wildman–Crippen LogP) is 3.57. The summed E-state index contributed by atoms with van der Waals surface area (Å²) < 4.78 is 68.7. The lowest BCUT2D eigenvalue weighted by atomic mass is 9.71. The molecule has 0 spiro atoms. The summed E-state index contributed by atoms with van der Waals surface area (Å²) in [5.41, 5.74) is -0.754. The number of hydrogen-bond acceptors (Lipinski definition) is 5. The minimum Gasteiger partial charge on any atom is -0.461 e. The van der Waals surface area contributed by atoms with Crippen LogP contribution in [-0.2, 0) is 20.8 Å². The van der Waals surface area contributed by atoms with Crippen LogP contribution in [-0.4, -0.2) is 42.8 Å². The Morgan fingerprint density at radius 3 is 2.55 bits per heavy atom.